The molecule has 1 atom stereocenters. The molecule has 0 aliphatic carbocycles. The normalized spacial score (nSPS) is 20.1. The van der Waals surface area contributed by atoms with E-state index in [4.69, 9.17) is 5.73 Å². The molecular formula is C11H15N5S. The zero-order chi connectivity index (χ0) is 11.8. The molecule has 1 fully saturated rings. The second-order valence-corrected chi connectivity index (χ2v) is 5.68. The fourth-order valence-corrected chi connectivity index (χ4v) is 2.84. The van der Waals surface area contributed by atoms with Gasteiger partial charge in [-0.05, 0) is 25.5 Å². The molecular weight excluding hydrogens is 234 g/mol. The topological polar surface area (TPSA) is 70.8 Å². The summed E-state index contributed by atoms with van der Waals surface area (Å²) >= 11 is 1.72. The van der Waals surface area contributed by atoms with Crippen molar-refractivity contribution in [2.75, 3.05) is 18.0 Å². The Morgan fingerprint density at radius 1 is 1.53 bits per heavy atom. The molecule has 0 bridgehead atoms. The Kier molecular flexibility index (Phi) is 2.60. The Hall–Kier alpha value is -1.40. The summed E-state index contributed by atoms with van der Waals surface area (Å²) in [6.45, 7) is 3.88. The van der Waals surface area contributed by atoms with Gasteiger partial charge in [-0.2, -0.15) is 4.98 Å². The van der Waals surface area contributed by atoms with Gasteiger partial charge in [0, 0.05) is 24.0 Å². The van der Waals surface area contributed by atoms with Crippen molar-refractivity contribution in [3.05, 3.63) is 17.0 Å². The zero-order valence-electron chi connectivity index (χ0n) is 9.68. The van der Waals surface area contributed by atoms with E-state index in [1.807, 2.05) is 0 Å². The van der Waals surface area contributed by atoms with Crippen LogP contribution in [0, 0.1) is 6.92 Å². The van der Waals surface area contributed by atoms with Crippen LogP contribution >= 0.6 is 11.3 Å². The Balaban J connectivity index is 1.83. The van der Waals surface area contributed by atoms with Crippen LogP contribution in [-0.4, -0.2) is 34.3 Å². The number of aromatic nitrogens is 3. The quantitative estimate of drug-likeness (QED) is 0.843. The largest absolute Gasteiger partial charge is 0.338 e. The van der Waals surface area contributed by atoms with Crippen LogP contribution in [0.3, 0.4) is 0 Å². The highest BCUT2D eigenvalue weighted by atomic mass is 32.1. The molecule has 5 nitrogen and oxygen atoms in total. The van der Waals surface area contributed by atoms with E-state index in [1.54, 1.807) is 11.3 Å². The number of nitrogens with zero attached hydrogens (tertiary/aromatic N) is 3. The maximum absolute atomic E-state index is 5.88. The number of hydrogen-bond acceptors (Lipinski definition) is 5. The molecule has 3 rings (SSSR count). The summed E-state index contributed by atoms with van der Waals surface area (Å²) < 4.78 is 0. The first-order chi connectivity index (χ1) is 8.22. The third-order valence-corrected chi connectivity index (χ3v) is 3.96. The minimum absolute atomic E-state index is 0.251. The fourth-order valence-electron chi connectivity index (χ4n) is 2.04. The van der Waals surface area contributed by atoms with Crippen LogP contribution in [0.25, 0.3) is 10.7 Å². The van der Waals surface area contributed by atoms with Crippen LogP contribution < -0.4 is 10.6 Å². The number of aryl methyl sites for hydroxylation is 1. The molecule has 0 spiro atoms. The van der Waals surface area contributed by atoms with Gasteiger partial charge in [-0.15, -0.1) is 16.4 Å². The van der Waals surface area contributed by atoms with E-state index in [9.17, 15) is 0 Å². The van der Waals surface area contributed by atoms with E-state index in [0.29, 0.717) is 0 Å². The van der Waals surface area contributed by atoms with Crippen molar-refractivity contribution in [3.8, 4) is 10.7 Å². The maximum atomic E-state index is 5.88. The standard InChI is InChI=1S/C11H15N5S/c1-7-2-3-9(17-7)10-13-11(15-14-10)16-5-4-8(12)6-16/h2-3,8H,4-6,12H2,1H3,(H,13,14,15). The van der Waals surface area contributed by atoms with Crippen molar-refractivity contribution in [2.45, 2.75) is 19.4 Å². The summed E-state index contributed by atoms with van der Waals surface area (Å²) in [6.07, 6.45) is 1.02. The van der Waals surface area contributed by atoms with Gasteiger partial charge < -0.3 is 10.6 Å². The van der Waals surface area contributed by atoms with Crippen molar-refractivity contribution >= 4 is 17.3 Å². The number of rotatable bonds is 2. The first-order valence-corrected chi connectivity index (χ1v) is 6.54. The predicted molar refractivity (Wildman–Crippen MR) is 69.2 cm³/mol. The van der Waals surface area contributed by atoms with Crippen LogP contribution in [0.4, 0.5) is 5.95 Å². The van der Waals surface area contributed by atoms with Crippen molar-refractivity contribution in [3.63, 3.8) is 0 Å². The highest BCUT2D eigenvalue weighted by molar-refractivity contribution is 7.15. The van der Waals surface area contributed by atoms with Crippen molar-refractivity contribution in [1.29, 1.82) is 0 Å². The molecule has 6 heteroatoms. The Labute approximate surface area is 104 Å². The molecule has 3 N–H and O–H groups in total. The number of thiophene rings is 1. The number of hydrogen-bond donors (Lipinski definition) is 2. The first kappa shape index (κ1) is 10.7. The van der Waals surface area contributed by atoms with Crippen molar-refractivity contribution in [2.24, 2.45) is 5.73 Å². The van der Waals surface area contributed by atoms with Gasteiger partial charge in [-0.1, -0.05) is 0 Å². The average Bonchev–Trinajstić information content (AvgIpc) is 2.96. The summed E-state index contributed by atoms with van der Waals surface area (Å²) in [5, 5.41) is 7.25. The van der Waals surface area contributed by atoms with E-state index < -0.39 is 0 Å². The van der Waals surface area contributed by atoms with Crippen molar-refractivity contribution in [1.82, 2.24) is 15.2 Å². The average molecular weight is 249 g/mol. The van der Waals surface area contributed by atoms with Gasteiger partial charge in [0.1, 0.15) is 0 Å². The first-order valence-electron chi connectivity index (χ1n) is 5.72. The Bertz CT molecular complexity index is 517. The Morgan fingerprint density at radius 3 is 3.06 bits per heavy atom. The van der Waals surface area contributed by atoms with E-state index in [0.717, 1.165) is 36.2 Å². The van der Waals surface area contributed by atoms with Gasteiger partial charge >= 0.3 is 0 Å². The number of aromatic amines is 1. The SMILES string of the molecule is Cc1ccc(-c2nc(N3CCC(N)C3)n[nH]2)s1. The highest BCUT2D eigenvalue weighted by Gasteiger charge is 2.22. The lowest BCUT2D eigenvalue weighted by Crippen LogP contribution is -2.26. The Morgan fingerprint density at radius 2 is 2.41 bits per heavy atom. The third kappa shape index (κ3) is 2.05. The maximum Gasteiger partial charge on any atom is 0.245 e. The molecule has 1 aliphatic heterocycles. The molecule has 0 radical (unpaired) electrons. The molecule has 2 aromatic rings. The molecule has 0 aromatic carbocycles. The predicted octanol–water partition coefficient (Wildman–Crippen LogP) is 1.38. The lowest BCUT2D eigenvalue weighted by Gasteiger charge is -2.11. The molecule has 17 heavy (non-hydrogen) atoms. The summed E-state index contributed by atoms with van der Waals surface area (Å²) in [6, 6.07) is 4.41. The van der Waals surface area contributed by atoms with E-state index in [-0.39, 0.29) is 6.04 Å². The third-order valence-electron chi connectivity index (χ3n) is 2.95. The van der Waals surface area contributed by atoms with Crippen LogP contribution in [0.15, 0.2) is 12.1 Å². The minimum atomic E-state index is 0.251. The minimum Gasteiger partial charge on any atom is -0.338 e. The smallest absolute Gasteiger partial charge is 0.245 e. The van der Waals surface area contributed by atoms with Crippen LogP contribution in [-0.2, 0) is 0 Å². The zero-order valence-corrected chi connectivity index (χ0v) is 10.5. The second-order valence-electron chi connectivity index (χ2n) is 4.39. The molecule has 2 aromatic heterocycles. The molecule has 1 unspecified atom stereocenters. The fraction of sp³-hybridized carbons (Fsp3) is 0.455. The summed E-state index contributed by atoms with van der Waals surface area (Å²) in [5.41, 5.74) is 5.88. The lowest BCUT2D eigenvalue weighted by molar-refractivity contribution is 0.750. The second kappa shape index (κ2) is 4.12. The van der Waals surface area contributed by atoms with Gasteiger partial charge in [0.05, 0.1) is 4.88 Å². The van der Waals surface area contributed by atoms with Gasteiger partial charge in [0.15, 0.2) is 5.82 Å². The molecule has 1 saturated heterocycles. The van der Waals surface area contributed by atoms with Gasteiger partial charge in [-0.3, -0.25) is 5.10 Å². The van der Waals surface area contributed by atoms with Crippen LogP contribution in [0.1, 0.15) is 11.3 Å². The summed E-state index contributed by atoms with van der Waals surface area (Å²) in [4.78, 5) is 9.06. The molecule has 90 valence electrons. The monoisotopic (exact) mass is 249 g/mol. The summed E-state index contributed by atoms with van der Waals surface area (Å²) in [5.74, 6) is 1.61. The molecule has 0 saturated carbocycles. The van der Waals surface area contributed by atoms with E-state index in [2.05, 4.69) is 39.1 Å². The van der Waals surface area contributed by atoms with Gasteiger partial charge in [0.2, 0.25) is 5.95 Å². The van der Waals surface area contributed by atoms with Gasteiger partial charge in [0.25, 0.3) is 0 Å². The number of nitrogens with two attached hydrogens (primary N) is 1. The molecule has 3 heterocycles. The van der Waals surface area contributed by atoms with E-state index in [1.165, 1.54) is 4.88 Å². The number of nitrogens with one attached hydrogen (secondary N) is 1. The molecule has 0 amide bonds. The van der Waals surface area contributed by atoms with Crippen LogP contribution in [0.5, 0.6) is 0 Å². The number of H-pyrrole nitrogens is 1. The summed E-state index contributed by atoms with van der Waals surface area (Å²) in [7, 11) is 0. The van der Waals surface area contributed by atoms with E-state index >= 15 is 0 Å². The van der Waals surface area contributed by atoms with Gasteiger partial charge in [-0.25, -0.2) is 0 Å². The van der Waals surface area contributed by atoms with Crippen LogP contribution in [0.2, 0.25) is 0 Å². The number of anilines is 1. The highest BCUT2D eigenvalue weighted by Crippen LogP contribution is 2.26. The van der Waals surface area contributed by atoms with Crippen molar-refractivity contribution < 1.29 is 0 Å². The molecule has 1 aliphatic rings. The lowest BCUT2D eigenvalue weighted by atomic mass is 10.3.